The third-order valence-corrected chi connectivity index (χ3v) is 1.87. The first-order valence-corrected chi connectivity index (χ1v) is 4.78. The van der Waals surface area contributed by atoms with Crippen molar-refractivity contribution in [2.45, 2.75) is 13.3 Å². The first-order valence-electron chi connectivity index (χ1n) is 4.78. The Morgan fingerprint density at radius 3 is 3.13 bits per heavy atom. The number of pyridine rings is 1. The molecule has 78 valence electrons. The first-order chi connectivity index (χ1) is 7.27. The van der Waals surface area contributed by atoms with E-state index in [-0.39, 0.29) is 0 Å². The molecule has 1 aromatic heterocycles. The molecule has 0 radical (unpaired) electrons. The van der Waals surface area contributed by atoms with Crippen LogP contribution in [-0.4, -0.2) is 11.5 Å². The number of nitrogens with two attached hydrogens (primary N) is 1. The number of nitrogen functional groups attached to an aromatic ring is 1. The largest absolute Gasteiger partial charge is 0.397 e. The molecule has 0 atom stereocenters. The summed E-state index contributed by atoms with van der Waals surface area (Å²) in [5.41, 5.74) is 6.51. The average molecular weight is 202 g/mol. The van der Waals surface area contributed by atoms with Crippen molar-refractivity contribution < 1.29 is 0 Å². The second-order valence-corrected chi connectivity index (χ2v) is 3.06. The molecule has 0 aliphatic heterocycles. The number of nitrogens with zero attached hydrogens (tertiary/aromatic N) is 2. The van der Waals surface area contributed by atoms with Gasteiger partial charge < -0.3 is 11.1 Å². The van der Waals surface area contributed by atoms with Gasteiger partial charge in [-0.3, -0.25) is 0 Å². The highest BCUT2D eigenvalue weighted by Gasteiger charge is 2.02. The molecule has 0 aromatic carbocycles. The Labute approximate surface area is 89.4 Å². The maximum atomic E-state index is 8.85. The second-order valence-electron chi connectivity index (χ2n) is 3.06. The van der Waals surface area contributed by atoms with Crippen LogP contribution in [0.25, 0.3) is 0 Å². The zero-order valence-corrected chi connectivity index (χ0v) is 8.70. The third kappa shape index (κ3) is 3.31. The molecule has 3 N–H and O–H groups in total. The summed E-state index contributed by atoms with van der Waals surface area (Å²) in [6.45, 7) is 2.73. The monoisotopic (exact) mass is 202 g/mol. The molecule has 1 heterocycles. The summed E-state index contributed by atoms with van der Waals surface area (Å²) < 4.78 is 0. The summed E-state index contributed by atoms with van der Waals surface area (Å²) in [5, 5.41) is 11.9. The van der Waals surface area contributed by atoms with Crippen molar-refractivity contribution in [2.24, 2.45) is 0 Å². The maximum absolute atomic E-state index is 8.85. The van der Waals surface area contributed by atoms with Crippen LogP contribution in [0.4, 0.5) is 11.5 Å². The zero-order chi connectivity index (χ0) is 11.1. The van der Waals surface area contributed by atoms with Gasteiger partial charge in [0.2, 0.25) is 0 Å². The summed E-state index contributed by atoms with van der Waals surface area (Å²) in [5.74, 6) is 0.594. The number of hydrogen-bond donors (Lipinski definition) is 2. The fourth-order valence-corrected chi connectivity index (χ4v) is 1.15. The van der Waals surface area contributed by atoms with Gasteiger partial charge in [-0.25, -0.2) is 4.98 Å². The number of allylic oxidation sites excluding steroid dienone is 1. The molecule has 0 aliphatic rings. The van der Waals surface area contributed by atoms with Gasteiger partial charge in [-0.2, -0.15) is 5.26 Å². The van der Waals surface area contributed by atoms with Gasteiger partial charge >= 0.3 is 0 Å². The van der Waals surface area contributed by atoms with Crippen LogP contribution in [0, 0.1) is 11.3 Å². The van der Waals surface area contributed by atoms with Gasteiger partial charge in [-0.05, 0) is 19.4 Å². The van der Waals surface area contributed by atoms with E-state index in [1.54, 1.807) is 12.3 Å². The smallest absolute Gasteiger partial charge is 0.144 e. The van der Waals surface area contributed by atoms with E-state index in [4.69, 9.17) is 11.0 Å². The highest BCUT2D eigenvalue weighted by Crippen LogP contribution is 2.13. The molecule has 4 nitrogen and oxygen atoms in total. The van der Waals surface area contributed by atoms with Crippen molar-refractivity contribution in [3.63, 3.8) is 0 Å². The van der Waals surface area contributed by atoms with Crippen LogP contribution in [0.3, 0.4) is 0 Å². The van der Waals surface area contributed by atoms with E-state index in [0.29, 0.717) is 17.1 Å². The van der Waals surface area contributed by atoms with Crippen LogP contribution in [0.5, 0.6) is 0 Å². The molecule has 1 aromatic rings. The number of nitriles is 1. The molecule has 0 aliphatic carbocycles. The maximum Gasteiger partial charge on any atom is 0.144 e. The number of anilines is 2. The molecule has 0 unspecified atom stereocenters. The standard InChI is InChI=1S/C11H14N4/c1-2-3-4-5-14-11-9(7-12)6-10(13)8-15-11/h2-3,6,8H,4-5,13H2,1H3,(H,14,15)/b3-2+. The fraction of sp³-hybridized carbons (Fsp3) is 0.273. The van der Waals surface area contributed by atoms with Crippen molar-refractivity contribution in [2.75, 3.05) is 17.6 Å². The van der Waals surface area contributed by atoms with Gasteiger partial charge in [0.25, 0.3) is 0 Å². The molecular weight excluding hydrogens is 188 g/mol. The van der Waals surface area contributed by atoms with E-state index in [0.717, 1.165) is 13.0 Å². The van der Waals surface area contributed by atoms with Crippen LogP contribution in [0.2, 0.25) is 0 Å². The lowest BCUT2D eigenvalue weighted by molar-refractivity contribution is 1.04. The van der Waals surface area contributed by atoms with Crippen molar-refractivity contribution in [3.8, 4) is 6.07 Å². The molecule has 1 rings (SSSR count). The normalized spacial score (nSPS) is 10.1. The molecule has 15 heavy (non-hydrogen) atoms. The predicted molar refractivity (Wildman–Crippen MR) is 61.3 cm³/mol. The summed E-state index contributed by atoms with van der Waals surface area (Å²) in [6.07, 6.45) is 6.49. The number of rotatable bonds is 4. The Balaban J connectivity index is 2.65. The topological polar surface area (TPSA) is 74.7 Å². The molecular formula is C11H14N4. The zero-order valence-electron chi connectivity index (χ0n) is 8.70. The van der Waals surface area contributed by atoms with E-state index in [1.165, 1.54) is 0 Å². The van der Waals surface area contributed by atoms with E-state index >= 15 is 0 Å². The number of hydrogen-bond acceptors (Lipinski definition) is 4. The Morgan fingerprint density at radius 2 is 2.47 bits per heavy atom. The van der Waals surface area contributed by atoms with Crippen molar-refractivity contribution in [1.29, 1.82) is 5.26 Å². The highest BCUT2D eigenvalue weighted by molar-refractivity contribution is 5.57. The Bertz CT molecular complexity index is 390. The van der Waals surface area contributed by atoms with Crippen LogP contribution >= 0.6 is 0 Å². The van der Waals surface area contributed by atoms with Gasteiger partial charge in [0.1, 0.15) is 11.9 Å². The average Bonchev–Trinajstić information content (AvgIpc) is 2.26. The van der Waals surface area contributed by atoms with E-state index in [1.807, 2.05) is 13.0 Å². The number of aromatic nitrogens is 1. The lowest BCUT2D eigenvalue weighted by atomic mass is 10.2. The van der Waals surface area contributed by atoms with Gasteiger partial charge in [0, 0.05) is 6.54 Å². The van der Waals surface area contributed by atoms with Crippen molar-refractivity contribution in [3.05, 3.63) is 30.0 Å². The lowest BCUT2D eigenvalue weighted by Crippen LogP contribution is -2.05. The Hall–Kier alpha value is -2.02. The molecule has 0 saturated heterocycles. The SMILES string of the molecule is C/C=C/CCNc1ncc(N)cc1C#N. The Kier molecular flexibility index (Phi) is 4.17. The minimum atomic E-state index is 0.482. The molecule has 0 amide bonds. The molecule has 0 fully saturated rings. The summed E-state index contributed by atoms with van der Waals surface area (Å²) in [4.78, 5) is 4.06. The van der Waals surface area contributed by atoms with Gasteiger partial charge in [0.15, 0.2) is 0 Å². The second kappa shape index (κ2) is 5.66. The van der Waals surface area contributed by atoms with Crippen molar-refractivity contribution >= 4 is 11.5 Å². The van der Waals surface area contributed by atoms with Crippen molar-refractivity contribution in [1.82, 2.24) is 4.98 Å². The quantitative estimate of drug-likeness (QED) is 0.577. The van der Waals surface area contributed by atoms with E-state index in [2.05, 4.69) is 22.4 Å². The first kappa shape index (κ1) is 11.1. The molecule has 0 spiro atoms. The minimum absolute atomic E-state index is 0.482. The summed E-state index contributed by atoms with van der Waals surface area (Å²) >= 11 is 0. The van der Waals surface area contributed by atoms with Crippen LogP contribution < -0.4 is 11.1 Å². The lowest BCUT2D eigenvalue weighted by Gasteiger charge is -2.05. The number of nitrogens with one attached hydrogen (secondary N) is 1. The third-order valence-electron chi connectivity index (χ3n) is 1.87. The van der Waals surface area contributed by atoms with Gasteiger partial charge in [-0.1, -0.05) is 12.2 Å². The predicted octanol–water partition coefficient (Wildman–Crippen LogP) is 1.91. The van der Waals surface area contributed by atoms with E-state index < -0.39 is 0 Å². The molecule has 4 heteroatoms. The van der Waals surface area contributed by atoms with Gasteiger partial charge in [0.05, 0.1) is 17.4 Å². The summed E-state index contributed by atoms with van der Waals surface area (Å²) in [6, 6.07) is 3.67. The Morgan fingerprint density at radius 1 is 1.67 bits per heavy atom. The minimum Gasteiger partial charge on any atom is -0.397 e. The molecule has 0 saturated carbocycles. The summed E-state index contributed by atoms with van der Waals surface area (Å²) in [7, 11) is 0. The highest BCUT2D eigenvalue weighted by atomic mass is 15.0. The van der Waals surface area contributed by atoms with Crippen LogP contribution in [0.15, 0.2) is 24.4 Å². The molecule has 0 bridgehead atoms. The fourth-order valence-electron chi connectivity index (χ4n) is 1.15. The van der Waals surface area contributed by atoms with Crippen LogP contribution in [-0.2, 0) is 0 Å². The van der Waals surface area contributed by atoms with Crippen LogP contribution in [0.1, 0.15) is 18.9 Å². The van der Waals surface area contributed by atoms with Gasteiger partial charge in [-0.15, -0.1) is 0 Å². The van der Waals surface area contributed by atoms with E-state index in [9.17, 15) is 0 Å².